The normalized spacial score (nSPS) is 11.1. The molecule has 7 nitrogen and oxygen atoms in total. The Morgan fingerprint density at radius 1 is 1.08 bits per heavy atom. The van der Waals surface area contributed by atoms with E-state index in [1.807, 2.05) is 18.2 Å². The Kier molecular flexibility index (Phi) is 3.98. The molecule has 0 aliphatic carbocycles. The van der Waals surface area contributed by atoms with Crippen molar-refractivity contribution in [1.82, 2.24) is 9.97 Å². The predicted octanol–water partition coefficient (Wildman–Crippen LogP) is 4.56. The van der Waals surface area contributed by atoms with Gasteiger partial charge >= 0.3 is 0 Å². The van der Waals surface area contributed by atoms with Crippen LogP contribution in [0.15, 0.2) is 54.9 Å². The van der Waals surface area contributed by atoms with Crippen LogP contribution in [0.2, 0.25) is 0 Å². The zero-order valence-electron chi connectivity index (χ0n) is 13.9. The van der Waals surface area contributed by atoms with Gasteiger partial charge in [0.05, 0.1) is 34.1 Å². The molecule has 0 spiro atoms. The van der Waals surface area contributed by atoms with Crippen molar-refractivity contribution in [2.45, 2.75) is 6.61 Å². The molecule has 0 bridgehead atoms. The fraction of sp³-hybridized carbons (Fsp3) is 0.105. The van der Waals surface area contributed by atoms with E-state index in [0.717, 1.165) is 27.4 Å². The van der Waals surface area contributed by atoms with Crippen LogP contribution in [0.3, 0.4) is 0 Å². The molecule has 0 amide bonds. The molecule has 0 fully saturated rings. The van der Waals surface area contributed by atoms with E-state index >= 15 is 0 Å². The van der Waals surface area contributed by atoms with E-state index < -0.39 is 4.92 Å². The Balaban J connectivity index is 1.84. The first-order valence-electron chi connectivity index (χ1n) is 7.96. The van der Waals surface area contributed by atoms with Crippen molar-refractivity contribution in [2.75, 3.05) is 7.11 Å². The maximum Gasteiger partial charge on any atom is 0.269 e. The van der Waals surface area contributed by atoms with Crippen molar-refractivity contribution in [3.05, 3.63) is 70.5 Å². The molecule has 0 saturated heterocycles. The van der Waals surface area contributed by atoms with Gasteiger partial charge in [0.15, 0.2) is 0 Å². The highest BCUT2D eigenvalue weighted by Gasteiger charge is 2.14. The summed E-state index contributed by atoms with van der Waals surface area (Å²) in [6.45, 7) is 0.434. The average Bonchev–Trinajstić information content (AvgIpc) is 3.03. The van der Waals surface area contributed by atoms with Crippen LogP contribution in [0, 0.1) is 10.1 Å². The van der Waals surface area contributed by atoms with Crippen LogP contribution in [0.1, 0.15) is 5.56 Å². The van der Waals surface area contributed by atoms with Crippen molar-refractivity contribution >= 4 is 27.5 Å². The summed E-state index contributed by atoms with van der Waals surface area (Å²) in [5.74, 6) is 1.19. The van der Waals surface area contributed by atoms with Crippen molar-refractivity contribution in [3.63, 3.8) is 0 Å². The van der Waals surface area contributed by atoms with E-state index in [-0.39, 0.29) is 5.69 Å². The number of rotatable bonds is 5. The van der Waals surface area contributed by atoms with Gasteiger partial charge in [-0.2, -0.15) is 0 Å². The molecule has 0 unspecified atom stereocenters. The number of pyridine rings is 1. The number of aromatic nitrogens is 2. The van der Waals surface area contributed by atoms with Crippen LogP contribution in [0.5, 0.6) is 11.5 Å². The Morgan fingerprint density at radius 3 is 2.62 bits per heavy atom. The smallest absolute Gasteiger partial charge is 0.269 e. The molecule has 2 aromatic heterocycles. The Labute approximate surface area is 148 Å². The molecule has 26 heavy (non-hydrogen) atoms. The highest BCUT2D eigenvalue weighted by Crippen LogP contribution is 2.37. The Morgan fingerprint density at radius 2 is 1.88 bits per heavy atom. The minimum absolute atomic E-state index is 0.0242. The molecule has 0 aliphatic rings. The molecular formula is C19H15N3O4. The molecule has 0 saturated carbocycles. The highest BCUT2D eigenvalue weighted by molar-refractivity contribution is 6.11. The Bertz CT molecular complexity index is 1100. The van der Waals surface area contributed by atoms with Gasteiger partial charge in [-0.3, -0.25) is 15.1 Å². The molecule has 2 aromatic carbocycles. The number of nitro benzene ring substituents is 1. The number of H-pyrrole nitrogens is 1. The molecule has 4 aromatic rings. The van der Waals surface area contributed by atoms with Crippen LogP contribution < -0.4 is 4.74 Å². The lowest BCUT2D eigenvalue weighted by Crippen LogP contribution is -1.91. The molecule has 0 radical (unpaired) electrons. The number of fused-ring (bicyclic) bond motifs is 3. The standard InChI is InChI=1S/C19H15N3O4/c1-25-11-12-9-20-10-16-18(12)19-15(21-16)3-2-4-17(19)26-14-7-5-13(6-8-14)22(23)24/h2-10,21H,11H2,1H3. The molecule has 0 atom stereocenters. The highest BCUT2D eigenvalue weighted by atomic mass is 16.6. The van der Waals surface area contributed by atoms with Gasteiger partial charge in [-0.1, -0.05) is 6.07 Å². The fourth-order valence-corrected chi connectivity index (χ4v) is 3.04. The third-order valence-corrected chi connectivity index (χ3v) is 4.15. The van der Waals surface area contributed by atoms with Crippen LogP contribution in [-0.2, 0) is 11.3 Å². The van der Waals surface area contributed by atoms with Gasteiger partial charge in [-0.15, -0.1) is 0 Å². The molecule has 2 heterocycles. The number of nitrogens with one attached hydrogen (secondary N) is 1. The van der Waals surface area contributed by atoms with E-state index in [2.05, 4.69) is 9.97 Å². The van der Waals surface area contributed by atoms with Gasteiger partial charge in [-0.25, -0.2) is 0 Å². The minimum Gasteiger partial charge on any atom is -0.457 e. The lowest BCUT2D eigenvalue weighted by molar-refractivity contribution is -0.384. The summed E-state index contributed by atoms with van der Waals surface area (Å²) in [6.07, 6.45) is 3.55. The van der Waals surface area contributed by atoms with Gasteiger partial charge in [0.2, 0.25) is 0 Å². The average molecular weight is 349 g/mol. The van der Waals surface area contributed by atoms with Crippen LogP contribution in [-0.4, -0.2) is 22.0 Å². The zero-order chi connectivity index (χ0) is 18.1. The van der Waals surface area contributed by atoms with E-state index in [0.29, 0.717) is 18.1 Å². The molecule has 4 rings (SSSR count). The second kappa shape index (κ2) is 6.45. The van der Waals surface area contributed by atoms with Gasteiger partial charge in [0.1, 0.15) is 11.5 Å². The van der Waals surface area contributed by atoms with E-state index in [4.69, 9.17) is 9.47 Å². The van der Waals surface area contributed by atoms with E-state index in [1.165, 1.54) is 12.1 Å². The summed E-state index contributed by atoms with van der Waals surface area (Å²) in [6, 6.07) is 11.7. The van der Waals surface area contributed by atoms with Crippen LogP contribution >= 0.6 is 0 Å². The predicted molar refractivity (Wildman–Crippen MR) is 97.5 cm³/mol. The monoisotopic (exact) mass is 349 g/mol. The first-order valence-corrected chi connectivity index (χ1v) is 7.96. The van der Waals surface area contributed by atoms with E-state index in [1.54, 1.807) is 31.6 Å². The van der Waals surface area contributed by atoms with Crippen molar-refractivity contribution in [3.8, 4) is 11.5 Å². The van der Waals surface area contributed by atoms with Crippen LogP contribution in [0.25, 0.3) is 21.8 Å². The van der Waals surface area contributed by atoms with Gasteiger partial charge in [0.25, 0.3) is 5.69 Å². The molecule has 0 aliphatic heterocycles. The number of nitro groups is 1. The van der Waals surface area contributed by atoms with Gasteiger partial charge < -0.3 is 14.5 Å². The summed E-state index contributed by atoms with van der Waals surface area (Å²) in [4.78, 5) is 18.0. The zero-order valence-corrected chi connectivity index (χ0v) is 13.9. The van der Waals surface area contributed by atoms with Gasteiger partial charge in [0, 0.05) is 36.4 Å². The summed E-state index contributed by atoms with van der Waals surface area (Å²) in [5, 5.41) is 12.7. The number of hydrogen-bond donors (Lipinski definition) is 1. The SMILES string of the molecule is COCc1cncc2[nH]c3cccc(Oc4ccc([N+](=O)[O-])cc4)c3c12. The number of aromatic amines is 1. The first kappa shape index (κ1) is 16.0. The number of benzene rings is 2. The van der Waals surface area contributed by atoms with Crippen LogP contribution in [0.4, 0.5) is 5.69 Å². The second-order valence-electron chi connectivity index (χ2n) is 5.81. The topological polar surface area (TPSA) is 90.3 Å². The third kappa shape index (κ3) is 2.74. The van der Waals surface area contributed by atoms with E-state index in [9.17, 15) is 10.1 Å². The third-order valence-electron chi connectivity index (χ3n) is 4.15. The van der Waals surface area contributed by atoms with Crippen molar-refractivity contribution in [2.24, 2.45) is 0 Å². The van der Waals surface area contributed by atoms with Crippen molar-refractivity contribution in [1.29, 1.82) is 0 Å². The molecule has 7 heteroatoms. The number of ether oxygens (including phenoxy) is 2. The maximum atomic E-state index is 10.8. The number of nitrogens with zero attached hydrogens (tertiary/aromatic N) is 2. The maximum absolute atomic E-state index is 10.8. The lowest BCUT2D eigenvalue weighted by atomic mass is 10.1. The minimum atomic E-state index is -0.436. The summed E-state index contributed by atoms with van der Waals surface area (Å²) in [5.41, 5.74) is 2.80. The quantitative estimate of drug-likeness (QED) is 0.421. The molecule has 1 N–H and O–H groups in total. The number of non-ortho nitro benzene ring substituents is 1. The molecular weight excluding hydrogens is 334 g/mol. The molecule has 130 valence electrons. The Hall–Kier alpha value is -3.45. The van der Waals surface area contributed by atoms with Gasteiger partial charge in [-0.05, 0) is 24.3 Å². The summed E-state index contributed by atoms with van der Waals surface area (Å²) < 4.78 is 11.3. The lowest BCUT2D eigenvalue weighted by Gasteiger charge is -2.08. The second-order valence-corrected chi connectivity index (χ2v) is 5.81. The number of methoxy groups -OCH3 is 1. The number of hydrogen-bond acceptors (Lipinski definition) is 5. The first-order chi connectivity index (χ1) is 12.7. The summed E-state index contributed by atoms with van der Waals surface area (Å²) >= 11 is 0. The van der Waals surface area contributed by atoms with Crippen molar-refractivity contribution < 1.29 is 14.4 Å². The summed E-state index contributed by atoms with van der Waals surface area (Å²) in [7, 11) is 1.64. The fourth-order valence-electron chi connectivity index (χ4n) is 3.04. The largest absolute Gasteiger partial charge is 0.457 e.